The van der Waals surface area contributed by atoms with Gasteiger partial charge in [-0.15, -0.1) is 0 Å². The molecule has 0 unspecified atom stereocenters. The Morgan fingerprint density at radius 2 is 1.56 bits per heavy atom. The van der Waals surface area contributed by atoms with E-state index in [1.165, 1.54) is 5.56 Å². The first-order valence-electron chi connectivity index (χ1n) is 8.36. The molecule has 2 aromatic carbocycles. The maximum atomic E-state index is 6.16. The van der Waals surface area contributed by atoms with Crippen molar-refractivity contribution >= 4 is 34.7 Å². The molecule has 6 nitrogen and oxygen atoms in total. The third-order valence-electron chi connectivity index (χ3n) is 3.90. The summed E-state index contributed by atoms with van der Waals surface area (Å²) in [7, 11) is 3.13. The molecular weight excluding hydrogens is 364 g/mol. The van der Waals surface area contributed by atoms with Crippen molar-refractivity contribution < 1.29 is 9.47 Å². The Balaban J connectivity index is 1.89. The summed E-state index contributed by atoms with van der Waals surface area (Å²) in [5, 5.41) is 6.93. The van der Waals surface area contributed by atoms with Gasteiger partial charge in [0, 0.05) is 29.6 Å². The number of nitrogens with one attached hydrogen (secondary N) is 2. The Morgan fingerprint density at radius 1 is 0.852 bits per heavy atom. The average molecular weight is 385 g/mol. The maximum Gasteiger partial charge on any atom is 0.229 e. The number of rotatable bonds is 6. The van der Waals surface area contributed by atoms with E-state index in [2.05, 4.69) is 27.5 Å². The minimum atomic E-state index is 0.437. The van der Waals surface area contributed by atoms with Gasteiger partial charge in [-0.3, -0.25) is 0 Å². The summed E-state index contributed by atoms with van der Waals surface area (Å²) >= 11 is 6.16. The zero-order valence-corrected chi connectivity index (χ0v) is 16.4. The lowest BCUT2D eigenvalue weighted by atomic mass is 10.2. The van der Waals surface area contributed by atoms with Crippen molar-refractivity contribution in [2.45, 2.75) is 13.8 Å². The highest BCUT2D eigenvalue weighted by Gasteiger charge is 2.12. The number of nitrogens with zero attached hydrogens (tertiary/aromatic N) is 2. The smallest absolute Gasteiger partial charge is 0.229 e. The lowest BCUT2D eigenvalue weighted by Crippen LogP contribution is -2.04. The second-order valence-corrected chi connectivity index (χ2v) is 6.43. The number of benzene rings is 2. The van der Waals surface area contributed by atoms with Crippen molar-refractivity contribution in [1.82, 2.24) is 9.97 Å². The summed E-state index contributed by atoms with van der Waals surface area (Å²) in [4.78, 5) is 8.98. The van der Waals surface area contributed by atoms with E-state index in [1.807, 2.05) is 37.3 Å². The highest BCUT2D eigenvalue weighted by atomic mass is 35.5. The number of hydrogen-bond donors (Lipinski definition) is 2. The summed E-state index contributed by atoms with van der Waals surface area (Å²) in [6.45, 7) is 3.96. The largest absolute Gasteiger partial charge is 0.495 e. The number of anilines is 4. The van der Waals surface area contributed by atoms with Gasteiger partial charge in [0.1, 0.15) is 17.3 Å². The van der Waals surface area contributed by atoms with Crippen LogP contribution in [0.4, 0.5) is 23.1 Å². The van der Waals surface area contributed by atoms with Gasteiger partial charge in [-0.05, 0) is 26.0 Å². The number of aryl methyl sites for hydroxylation is 2. The fourth-order valence-electron chi connectivity index (χ4n) is 2.55. The standard InChI is InChI=1S/C20H21ClN4O2/c1-12-5-7-14(8-6-12)23-19-9-13(2)22-20(25-19)24-16-11-17(26-3)15(21)10-18(16)27-4/h5-11H,1-4H3,(H2,22,23,24,25). The van der Waals surface area contributed by atoms with Crippen molar-refractivity contribution in [2.75, 3.05) is 24.9 Å². The molecule has 0 bridgehead atoms. The van der Waals surface area contributed by atoms with E-state index < -0.39 is 0 Å². The second-order valence-electron chi connectivity index (χ2n) is 6.02. The van der Waals surface area contributed by atoms with Gasteiger partial charge in [-0.2, -0.15) is 4.98 Å². The van der Waals surface area contributed by atoms with E-state index in [1.54, 1.807) is 26.4 Å². The zero-order chi connectivity index (χ0) is 19.4. The van der Waals surface area contributed by atoms with Gasteiger partial charge in [0.05, 0.1) is 24.9 Å². The van der Waals surface area contributed by atoms with Crippen LogP contribution in [0, 0.1) is 13.8 Å². The number of hydrogen-bond acceptors (Lipinski definition) is 6. The van der Waals surface area contributed by atoms with Gasteiger partial charge in [0.2, 0.25) is 5.95 Å². The molecule has 2 N–H and O–H groups in total. The van der Waals surface area contributed by atoms with Gasteiger partial charge >= 0.3 is 0 Å². The molecule has 1 heterocycles. The normalized spacial score (nSPS) is 10.4. The van der Waals surface area contributed by atoms with E-state index in [4.69, 9.17) is 21.1 Å². The summed E-state index contributed by atoms with van der Waals surface area (Å²) in [5.74, 6) is 2.23. The predicted molar refractivity (Wildman–Crippen MR) is 109 cm³/mol. The Bertz CT molecular complexity index is 945. The molecule has 0 aliphatic rings. The molecule has 7 heteroatoms. The van der Waals surface area contributed by atoms with E-state index in [0.29, 0.717) is 34.0 Å². The molecule has 0 saturated carbocycles. The fourth-order valence-corrected chi connectivity index (χ4v) is 2.78. The van der Waals surface area contributed by atoms with Gasteiger partial charge in [-0.1, -0.05) is 29.3 Å². The Labute approximate surface area is 163 Å². The molecule has 1 aromatic heterocycles. The van der Waals surface area contributed by atoms with Crippen LogP contribution in [0.25, 0.3) is 0 Å². The van der Waals surface area contributed by atoms with Crippen molar-refractivity contribution in [2.24, 2.45) is 0 Å². The lowest BCUT2D eigenvalue weighted by molar-refractivity contribution is 0.405. The Morgan fingerprint density at radius 3 is 2.22 bits per heavy atom. The molecular formula is C20H21ClN4O2. The van der Waals surface area contributed by atoms with Crippen LogP contribution < -0.4 is 20.1 Å². The summed E-state index contributed by atoms with van der Waals surface area (Å²) in [5.41, 5.74) is 3.63. The first kappa shape index (κ1) is 18.8. The van der Waals surface area contributed by atoms with Crippen LogP contribution in [-0.2, 0) is 0 Å². The topological polar surface area (TPSA) is 68.3 Å². The highest BCUT2D eigenvalue weighted by molar-refractivity contribution is 6.32. The average Bonchev–Trinajstić information content (AvgIpc) is 2.64. The van der Waals surface area contributed by atoms with Crippen LogP contribution >= 0.6 is 11.6 Å². The molecule has 0 amide bonds. The van der Waals surface area contributed by atoms with Crippen LogP contribution in [0.5, 0.6) is 11.5 Å². The molecule has 0 saturated heterocycles. The molecule has 0 fully saturated rings. The first-order chi connectivity index (χ1) is 13.0. The number of aromatic nitrogens is 2. The van der Waals surface area contributed by atoms with Crippen LogP contribution in [0.1, 0.15) is 11.3 Å². The molecule has 0 spiro atoms. The summed E-state index contributed by atoms with van der Waals surface area (Å²) in [6.07, 6.45) is 0. The summed E-state index contributed by atoms with van der Waals surface area (Å²) < 4.78 is 10.7. The predicted octanol–water partition coefficient (Wildman–Crippen LogP) is 5.25. The minimum absolute atomic E-state index is 0.437. The van der Waals surface area contributed by atoms with Gasteiger partial charge in [-0.25, -0.2) is 4.98 Å². The lowest BCUT2D eigenvalue weighted by Gasteiger charge is -2.14. The van der Waals surface area contributed by atoms with E-state index >= 15 is 0 Å². The van der Waals surface area contributed by atoms with Crippen LogP contribution in [0.3, 0.4) is 0 Å². The molecule has 0 atom stereocenters. The molecule has 27 heavy (non-hydrogen) atoms. The van der Waals surface area contributed by atoms with Crippen molar-refractivity contribution in [1.29, 1.82) is 0 Å². The number of methoxy groups -OCH3 is 2. The molecule has 0 aliphatic heterocycles. The van der Waals surface area contributed by atoms with Gasteiger partial charge in [0.15, 0.2) is 0 Å². The van der Waals surface area contributed by atoms with Crippen molar-refractivity contribution in [3.63, 3.8) is 0 Å². The van der Waals surface area contributed by atoms with Crippen LogP contribution in [0.2, 0.25) is 5.02 Å². The number of ether oxygens (including phenoxy) is 2. The quantitative estimate of drug-likeness (QED) is 0.604. The van der Waals surface area contributed by atoms with Crippen LogP contribution in [0.15, 0.2) is 42.5 Å². The Hall–Kier alpha value is -2.99. The third-order valence-corrected chi connectivity index (χ3v) is 4.19. The SMILES string of the molecule is COc1cc(Nc2nc(C)cc(Nc3ccc(C)cc3)n2)c(OC)cc1Cl. The molecule has 0 aliphatic carbocycles. The van der Waals surface area contributed by atoms with Gasteiger partial charge < -0.3 is 20.1 Å². The molecule has 3 aromatic rings. The van der Waals surface area contributed by atoms with Crippen molar-refractivity contribution in [3.05, 3.63) is 58.7 Å². The van der Waals surface area contributed by atoms with E-state index in [9.17, 15) is 0 Å². The van der Waals surface area contributed by atoms with Crippen LogP contribution in [-0.4, -0.2) is 24.2 Å². The number of halogens is 1. The molecule has 3 rings (SSSR count). The van der Waals surface area contributed by atoms with Crippen molar-refractivity contribution in [3.8, 4) is 11.5 Å². The molecule has 140 valence electrons. The Kier molecular flexibility index (Phi) is 5.66. The zero-order valence-electron chi connectivity index (χ0n) is 15.6. The van der Waals surface area contributed by atoms with Gasteiger partial charge in [0.25, 0.3) is 0 Å². The highest BCUT2D eigenvalue weighted by Crippen LogP contribution is 2.37. The fraction of sp³-hybridized carbons (Fsp3) is 0.200. The molecule has 0 radical (unpaired) electrons. The first-order valence-corrected chi connectivity index (χ1v) is 8.74. The third kappa shape index (κ3) is 4.60. The monoisotopic (exact) mass is 384 g/mol. The van der Waals surface area contributed by atoms with E-state index in [-0.39, 0.29) is 0 Å². The maximum absolute atomic E-state index is 6.16. The minimum Gasteiger partial charge on any atom is -0.495 e. The second kappa shape index (κ2) is 8.14. The summed E-state index contributed by atoms with van der Waals surface area (Å²) in [6, 6.07) is 13.4. The van der Waals surface area contributed by atoms with E-state index in [0.717, 1.165) is 11.4 Å².